The molecule has 2 rings (SSSR count). The van der Waals surface area contributed by atoms with Crippen LogP contribution in [-0.2, 0) is 0 Å². The van der Waals surface area contributed by atoms with Crippen molar-refractivity contribution < 1.29 is 14.8 Å². The number of aldehydes is 1. The maximum absolute atomic E-state index is 10.4. The molecule has 3 nitrogen and oxygen atoms in total. The van der Waals surface area contributed by atoms with E-state index in [2.05, 4.69) is 0 Å². The van der Waals surface area contributed by atoms with Crippen molar-refractivity contribution in [2.45, 2.75) is 0 Å². The van der Waals surface area contributed by atoms with Gasteiger partial charge in [0, 0.05) is 14.2 Å². The van der Waals surface area contributed by atoms with Crippen molar-refractivity contribution in [1.82, 2.24) is 0 Å². The highest BCUT2D eigenvalue weighted by atomic mass is 32.1. The summed E-state index contributed by atoms with van der Waals surface area (Å²) < 4.78 is 2.36. The zero-order valence-electron chi connectivity index (χ0n) is 6.43. The number of thiophene rings is 2. The van der Waals surface area contributed by atoms with Crippen LogP contribution in [0.2, 0.25) is 0 Å². The second-order valence-corrected chi connectivity index (χ2v) is 4.75. The quantitative estimate of drug-likeness (QED) is 0.561. The average molecular weight is 212 g/mol. The summed E-state index contributed by atoms with van der Waals surface area (Å²) in [6, 6.07) is 3.45. The van der Waals surface area contributed by atoms with Gasteiger partial charge in [-0.3, -0.25) is 4.79 Å². The molecular weight excluding hydrogens is 207 g/mol. The van der Waals surface area contributed by atoms with Crippen LogP contribution >= 0.6 is 22.7 Å². The SMILES string of the molecule is O=Cc1cc2sc(B(O)O)cc2s1. The van der Waals surface area contributed by atoms with E-state index in [1.165, 1.54) is 22.7 Å². The summed E-state index contributed by atoms with van der Waals surface area (Å²) in [5.41, 5.74) is 0. The summed E-state index contributed by atoms with van der Waals surface area (Å²) in [4.78, 5) is 11.1. The van der Waals surface area contributed by atoms with Gasteiger partial charge < -0.3 is 10.0 Å². The molecule has 0 aliphatic rings. The molecule has 0 saturated heterocycles. The summed E-state index contributed by atoms with van der Waals surface area (Å²) >= 11 is 2.65. The molecule has 0 radical (unpaired) electrons. The summed E-state index contributed by atoms with van der Waals surface area (Å²) in [5.74, 6) is 0. The zero-order valence-corrected chi connectivity index (χ0v) is 8.06. The molecule has 0 aliphatic heterocycles. The standard InChI is InChI=1S/C7H5BO3S2/c9-3-4-1-5-6(12-4)2-7(13-5)8(10)11/h1-3,10-11H. The van der Waals surface area contributed by atoms with E-state index in [1.54, 1.807) is 12.1 Å². The van der Waals surface area contributed by atoms with Gasteiger partial charge in [0.2, 0.25) is 0 Å². The maximum atomic E-state index is 10.4. The van der Waals surface area contributed by atoms with E-state index >= 15 is 0 Å². The first kappa shape index (κ1) is 8.89. The zero-order chi connectivity index (χ0) is 9.42. The molecule has 6 heteroatoms. The lowest BCUT2D eigenvalue weighted by Crippen LogP contribution is -2.26. The minimum atomic E-state index is -1.41. The fourth-order valence-corrected chi connectivity index (χ4v) is 3.16. The second-order valence-electron chi connectivity index (χ2n) is 2.52. The summed E-state index contributed by atoms with van der Waals surface area (Å²) in [5, 5.41) is 17.7. The molecule has 13 heavy (non-hydrogen) atoms. The molecule has 0 saturated carbocycles. The van der Waals surface area contributed by atoms with Crippen LogP contribution in [0.5, 0.6) is 0 Å². The fourth-order valence-electron chi connectivity index (χ4n) is 1.06. The number of carbonyl (C=O) groups excluding carboxylic acids is 1. The van der Waals surface area contributed by atoms with Crippen LogP contribution in [0, 0.1) is 0 Å². The second kappa shape index (κ2) is 3.23. The monoisotopic (exact) mass is 212 g/mol. The highest BCUT2D eigenvalue weighted by Gasteiger charge is 2.15. The van der Waals surface area contributed by atoms with Crippen molar-refractivity contribution >= 4 is 50.3 Å². The van der Waals surface area contributed by atoms with E-state index in [9.17, 15) is 4.79 Å². The van der Waals surface area contributed by atoms with Gasteiger partial charge >= 0.3 is 7.12 Å². The predicted octanol–water partition coefficient (Wildman–Crippen LogP) is 0.455. The lowest BCUT2D eigenvalue weighted by atomic mass is 9.90. The van der Waals surface area contributed by atoms with Gasteiger partial charge in [-0.25, -0.2) is 0 Å². The molecule has 0 atom stereocenters. The third kappa shape index (κ3) is 1.53. The van der Waals surface area contributed by atoms with Crippen molar-refractivity contribution in [3.8, 4) is 0 Å². The number of fused-ring (bicyclic) bond motifs is 1. The fraction of sp³-hybridized carbons (Fsp3) is 0. The number of hydrogen-bond acceptors (Lipinski definition) is 5. The van der Waals surface area contributed by atoms with Crippen LogP contribution in [0.3, 0.4) is 0 Å². The molecule has 2 N–H and O–H groups in total. The van der Waals surface area contributed by atoms with Crippen LogP contribution in [0.1, 0.15) is 9.67 Å². The third-order valence-electron chi connectivity index (χ3n) is 1.62. The van der Waals surface area contributed by atoms with Crippen LogP contribution in [0.15, 0.2) is 12.1 Å². The van der Waals surface area contributed by atoms with Crippen molar-refractivity contribution in [2.75, 3.05) is 0 Å². The van der Waals surface area contributed by atoms with E-state index < -0.39 is 7.12 Å². The molecule has 2 aromatic heterocycles. The smallest absolute Gasteiger partial charge is 0.423 e. The van der Waals surface area contributed by atoms with E-state index in [-0.39, 0.29) is 0 Å². The summed E-state index contributed by atoms with van der Waals surface area (Å²) in [6.07, 6.45) is 0.798. The molecular formula is C7H5BO3S2. The van der Waals surface area contributed by atoms with Crippen LogP contribution < -0.4 is 4.78 Å². The highest BCUT2D eigenvalue weighted by molar-refractivity contribution is 7.33. The Balaban J connectivity index is 2.54. The van der Waals surface area contributed by atoms with Crippen molar-refractivity contribution in [3.63, 3.8) is 0 Å². The largest absolute Gasteiger partial charge is 0.499 e. The Hall–Kier alpha value is -0.685. The normalized spacial score (nSPS) is 10.6. The molecule has 0 unspecified atom stereocenters. The first-order chi connectivity index (χ1) is 6.20. The Kier molecular flexibility index (Phi) is 2.21. The van der Waals surface area contributed by atoms with Gasteiger partial charge in [-0.05, 0) is 12.1 Å². The first-order valence-electron chi connectivity index (χ1n) is 3.55. The van der Waals surface area contributed by atoms with Gasteiger partial charge in [-0.2, -0.15) is 0 Å². The third-order valence-corrected chi connectivity index (χ3v) is 3.87. The maximum Gasteiger partial charge on any atom is 0.499 e. The molecule has 0 aromatic carbocycles. The molecule has 0 amide bonds. The van der Waals surface area contributed by atoms with Crippen molar-refractivity contribution in [1.29, 1.82) is 0 Å². The van der Waals surface area contributed by atoms with Crippen LogP contribution in [0.4, 0.5) is 0 Å². The average Bonchev–Trinajstić information content (AvgIpc) is 2.58. The number of carbonyl (C=O) groups is 1. The summed E-state index contributed by atoms with van der Waals surface area (Å²) in [7, 11) is -1.41. The molecule has 2 aromatic rings. The minimum absolute atomic E-state index is 0.513. The Morgan fingerprint density at radius 3 is 2.46 bits per heavy atom. The lowest BCUT2D eigenvalue weighted by Gasteiger charge is -1.88. The Morgan fingerprint density at radius 2 is 1.92 bits per heavy atom. The lowest BCUT2D eigenvalue weighted by molar-refractivity contribution is 0.112. The predicted molar refractivity (Wildman–Crippen MR) is 54.9 cm³/mol. The molecule has 0 bridgehead atoms. The topological polar surface area (TPSA) is 57.5 Å². The van der Waals surface area contributed by atoms with E-state index in [0.29, 0.717) is 9.65 Å². The molecule has 0 fully saturated rings. The van der Waals surface area contributed by atoms with Crippen molar-refractivity contribution in [2.24, 2.45) is 0 Å². The number of hydrogen-bond donors (Lipinski definition) is 2. The number of rotatable bonds is 2. The Labute approximate surface area is 82.4 Å². The van der Waals surface area contributed by atoms with E-state index in [0.717, 1.165) is 15.7 Å². The Bertz CT molecular complexity index is 414. The van der Waals surface area contributed by atoms with Gasteiger partial charge in [-0.15, -0.1) is 22.7 Å². The van der Waals surface area contributed by atoms with Gasteiger partial charge in [0.05, 0.1) is 4.88 Å². The summed E-state index contributed by atoms with van der Waals surface area (Å²) in [6.45, 7) is 0. The minimum Gasteiger partial charge on any atom is -0.423 e. The van der Waals surface area contributed by atoms with Crippen LogP contribution in [-0.4, -0.2) is 23.5 Å². The highest BCUT2D eigenvalue weighted by Crippen LogP contribution is 2.27. The first-order valence-corrected chi connectivity index (χ1v) is 5.18. The molecule has 0 spiro atoms. The molecule has 0 aliphatic carbocycles. The van der Waals surface area contributed by atoms with Crippen molar-refractivity contribution in [3.05, 3.63) is 17.0 Å². The van der Waals surface area contributed by atoms with Gasteiger partial charge in [-0.1, -0.05) is 0 Å². The van der Waals surface area contributed by atoms with Crippen LogP contribution in [0.25, 0.3) is 9.40 Å². The van der Waals surface area contributed by atoms with E-state index in [1.807, 2.05) is 0 Å². The molecule has 2 heterocycles. The Morgan fingerprint density at radius 1 is 1.23 bits per heavy atom. The van der Waals surface area contributed by atoms with E-state index in [4.69, 9.17) is 10.0 Å². The van der Waals surface area contributed by atoms with Gasteiger partial charge in [0.15, 0.2) is 6.29 Å². The van der Waals surface area contributed by atoms with Gasteiger partial charge in [0.1, 0.15) is 0 Å². The molecule has 66 valence electrons. The van der Waals surface area contributed by atoms with Gasteiger partial charge in [0.25, 0.3) is 0 Å².